The van der Waals surface area contributed by atoms with Gasteiger partial charge in [0.1, 0.15) is 5.39 Å². The Balaban J connectivity index is 2.03. The van der Waals surface area contributed by atoms with Crippen LogP contribution in [0, 0.1) is 0 Å². The van der Waals surface area contributed by atoms with Gasteiger partial charge in [-0.05, 0) is 39.2 Å². The van der Waals surface area contributed by atoms with Crippen molar-refractivity contribution in [2.24, 2.45) is 14.1 Å². The number of hydrogen-bond acceptors (Lipinski definition) is 7. The largest absolute Gasteiger partial charge is 0.332 e. The molecule has 0 aliphatic carbocycles. The van der Waals surface area contributed by atoms with Crippen LogP contribution in [0.1, 0.15) is 6.42 Å². The van der Waals surface area contributed by atoms with E-state index in [1.807, 2.05) is 32.3 Å². The molecular weight excluding hydrogens is 438 g/mol. The summed E-state index contributed by atoms with van der Waals surface area (Å²) in [6.45, 7) is 0.949. The van der Waals surface area contributed by atoms with Crippen LogP contribution in [0.5, 0.6) is 0 Å². The predicted octanol–water partition coefficient (Wildman–Crippen LogP) is 2.04. The van der Waals surface area contributed by atoms with Crippen molar-refractivity contribution in [2.45, 2.75) is 11.6 Å². The molecule has 3 aromatic heterocycles. The maximum Gasteiger partial charge on any atom is 0.332 e. The van der Waals surface area contributed by atoms with Gasteiger partial charge in [-0.3, -0.25) is 18.3 Å². The summed E-state index contributed by atoms with van der Waals surface area (Å²) < 4.78 is 4.16. The van der Waals surface area contributed by atoms with Crippen LogP contribution in [-0.2, 0) is 14.1 Å². The van der Waals surface area contributed by atoms with Crippen LogP contribution in [0.3, 0.4) is 0 Å². The third kappa shape index (κ3) is 3.75. The topological polar surface area (TPSA) is 90.3 Å². The molecule has 0 amide bonds. The molecule has 9 nitrogen and oxygen atoms in total. The Kier molecular flexibility index (Phi) is 5.87. The zero-order valence-electron chi connectivity index (χ0n) is 17.7. The first-order valence-corrected chi connectivity index (χ1v) is 11.0. The van der Waals surface area contributed by atoms with E-state index in [4.69, 9.17) is 16.6 Å². The molecule has 11 heteroatoms. The van der Waals surface area contributed by atoms with Crippen LogP contribution >= 0.6 is 23.4 Å². The summed E-state index contributed by atoms with van der Waals surface area (Å²) in [6.07, 6.45) is 0.964. The lowest BCUT2D eigenvalue weighted by Gasteiger charge is -2.13. The van der Waals surface area contributed by atoms with Gasteiger partial charge >= 0.3 is 5.69 Å². The van der Waals surface area contributed by atoms with E-state index in [0.717, 1.165) is 23.3 Å². The molecule has 3 heterocycles. The molecule has 31 heavy (non-hydrogen) atoms. The average molecular weight is 460 g/mol. The summed E-state index contributed by atoms with van der Waals surface area (Å²) >= 11 is 8.02. The van der Waals surface area contributed by atoms with Gasteiger partial charge in [-0.2, -0.15) is 0 Å². The molecule has 0 saturated carbocycles. The first kappa shape index (κ1) is 21.5. The summed E-state index contributed by atoms with van der Waals surface area (Å²) in [4.78, 5) is 32.3. The number of rotatable bonds is 6. The normalized spacial score (nSPS) is 11.8. The molecule has 0 spiro atoms. The van der Waals surface area contributed by atoms with E-state index < -0.39 is 11.2 Å². The van der Waals surface area contributed by atoms with Gasteiger partial charge in [0.05, 0.1) is 5.02 Å². The van der Waals surface area contributed by atoms with Gasteiger partial charge in [-0.25, -0.2) is 9.78 Å². The van der Waals surface area contributed by atoms with E-state index in [1.165, 1.54) is 11.6 Å². The third-order valence-corrected chi connectivity index (χ3v) is 6.35. The maximum atomic E-state index is 13.0. The second kappa shape index (κ2) is 8.45. The highest BCUT2D eigenvalue weighted by Crippen LogP contribution is 2.31. The molecule has 0 fully saturated rings. The van der Waals surface area contributed by atoms with E-state index >= 15 is 0 Å². The zero-order chi connectivity index (χ0) is 22.3. The molecule has 4 rings (SSSR count). The van der Waals surface area contributed by atoms with Crippen molar-refractivity contribution < 1.29 is 0 Å². The first-order chi connectivity index (χ1) is 14.8. The fraction of sp³-hybridized carbons (Fsp3) is 0.350. The van der Waals surface area contributed by atoms with Crippen LogP contribution in [-0.4, -0.2) is 60.0 Å². The quantitative estimate of drug-likeness (QED) is 0.322. The summed E-state index contributed by atoms with van der Waals surface area (Å²) in [5.41, 5.74) is 0.340. The molecule has 0 saturated heterocycles. The number of benzene rings is 1. The first-order valence-electron chi connectivity index (χ1n) is 9.68. The van der Waals surface area contributed by atoms with Gasteiger partial charge < -0.3 is 4.90 Å². The standard InChI is InChI=1S/C20H22ClN7O2S/c1-25(2)10-7-11-31-19-24-23-17-14-16(26(3)20(30)27(4)18(14)29)22-15(28(17)19)12-8-5-6-9-13(12)21/h5-6,8-9H,7,10-11H2,1-4H3. The Morgan fingerprint density at radius 2 is 1.81 bits per heavy atom. The molecule has 0 N–H and O–H groups in total. The minimum Gasteiger partial charge on any atom is -0.309 e. The summed E-state index contributed by atoms with van der Waals surface area (Å²) in [6, 6.07) is 7.30. The van der Waals surface area contributed by atoms with Gasteiger partial charge in [-0.15, -0.1) is 10.2 Å². The van der Waals surface area contributed by atoms with Crippen LogP contribution in [0.15, 0.2) is 39.0 Å². The van der Waals surface area contributed by atoms with Crippen LogP contribution < -0.4 is 11.2 Å². The molecule has 0 bridgehead atoms. The van der Waals surface area contributed by atoms with Crippen molar-refractivity contribution in [1.29, 1.82) is 0 Å². The Morgan fingerprint density at radius 1 is 1.06 bits per heavy atom. The van der Waals surface area contributed by atoms with Crippen LogP contribution in [0.4, 0.5) is 0 Å². The van der Waals surface area contributed by atoms with Crippen molar-refractivity contribution >= 4 is 40.0 Å². The van der Waals surface area contributed by atoms with Gasteiger partial charge in [-0.1, -0.05) is 35.5 Å². The Hall–Kier alpha value is -2.69. The molecule has 1 aromatic carbocycles. The Bertz CT molecular complexity index is 1410. The molecule has 4 aromatic rings. The van der Waals surface area contributed by atoms with Crippen molar-refractivity contribution in [3.63, 3.8) is 0 Å². The van der Waals surface area contributed by atoms with Crippen LogP contribution in [0.2, 0.25) is 5.02 Å². The van der Waals surface area contributed by atoms with Gasteiger partial charge in [0.25, 0.3) is 5.56 Å². The van der Waals surface area contributed by atoms with Gasteiger partial charge in [0.15, 0.2) is 22.3 Å². The van der Waals surface area contributed by atoms with Crippen molar-refractivity contribution in [2.75, 3.05) is 26.4 Å². The minimum absolute atomic E-state index is 0.243. The number of aryl methyl sites for hydroxylation is 1. The maximum absolute atomic E-state index is 13.0. The van der Waals surface area contributed by atoms with Gasteiger partial charge in [0.2, 0.25) is 0 Å². The second-order valence-corrected chi connectivity index (χ2v) is 8.94. The molecule has 0 radical (unpaired) electrons. The number of hydrogen-bond donors (Lipinski definition) is 0. The van der Waals surface area contributed by atoms with E-state index in [9.17, 15) is 9.59 Å². The smallest absolute Gasteiger partial charge is 0.309 e. The van der Waals surface area contributed by atoms with Crippen LogP contribution in [0.25, 0.3) is 28.1 Å². The molecule has 0 atom stereocenters. The Morgan fingerprint density at radius 3 is 2.52 bits per heavy atom. The SMILES string of the molecule is CN(C)CCCSc1nnc2c3c(=O)n(C)c(=O)n(C)c3nc(-c3ccccc3Cl)n12. The van der Waals surface area contributed by atoms with E-state index in [1.54, 1.807) is 29.3 Å². The lowest BCUT2D eigenvalue weighted by molar-refractivity contribution is 0.410. The highest BCUT2D eigenvalue weighted by Gasteiger charge is 2.22. The fourth-order valence-corrected chi connectivity index (χ4v) is 4.47. The summed E-state index contributed by atoms with van der Waals surface area (Å²) in [5.74, 6) is 1.31. The predicted molar refractivity (Wildman–Crippen MR) is 123 cm³/mol. The zero-order valence-corrected chi connectivity index (χ0v) is 19.2. The molecular formula is C20H22ClN7O2S. The number of aromatic nitrogens is 6. The van der Waals surface area contributed by atoms with Crippen molar-refractivity contribution in [3.05, 3.63) is 50.1 Å². The lowest BCUT2D eigenvalue weighted by Crippen LogP contribution is -2.37. The van der Waals surface area contributed by atoms with E-state index in [2.05, 4.69) is 15.1 Å². The monoisotopic (exact) mass is 459 g/mol. The fourth-order valence-electron chi connectivity index (χ4n) is 3.39. The third-order valence-electron chi connectivity index (χ3n) is 5.01. The van der Waals surface area contributed by atoms with Crippen molar-refractivity contribution in [1.82, 2.24) is 33.6 Å². The molecule has 0 aliphatic rings. The van der Waals surface area contributed by atoms with E-state index in [-0.39, 0.29) is 11.0 Å². The molecule has 0 unspecified atom stereocenters. The second-order valence-electron chi connectivity index (χ2n) is 7.47. The Labute approximate surface area is 187 Å². The minimum atomic E-state index is -0.461. The molecule has 0 aliphatic heterocycles. The highest BCUT2D eigenvalue weighted by atomic mass is 35.5. The van der Waals surface area contributed by atoms with Crippen molar-refractivity contribution in [3.8, 4) is 11.4 Å². The number of nitrogens with zero attached hydrogens (tertiary/aromatic N) is 7. The molecule has 162 valence electrons. The number of halogens is 1. The van der Waals surface area contributed by atoms with Gasteiger partial charge in [0, 0.05) is 25.4 Å². The van der Waals surface area contributed by atoms with E-state index in [0.29, 0.717) is 27.2 Å². The number of thioether (sulfide) groups is 1. The summed E-state index contributed by atoms with van der Waals surface area (Å²) in [5, 5.41) is 10.0. The summed E-state index contributed by atoms with van der Waals surface area (Å²) in [7, 11) is 7.08. The average Bonchev–Trinajstić information content (AvgIpc) is 3.17. The highest BCUT2D eigenvalue weighted by molar-refractivity contribution is 7.99. The number of fused-ring (bicyclic) bond motifs is 3. The lowest BCUT2D eigenvalue weighted by atomic mass is 10.2.